The molecule has 2 N–H and O–H groups in total. The van der Waals surface area contributed by atoms with Crippen molar-refractivity contribution in [3.8, 4) is 0 Å². The molecule has 0 radical (unpaired) electrons. The number of carbonyl (C=O) groups is 2. The molecule has 0 saturated heterocycles. The molecule has 0 aliphatic carbocycles. The topological polar surface area (TPSA) is 67.4 Å². The number of hydrogen-bond donors (Lipinski definition) is 2. The predicted molar refractivity (Wildman–Crippen MR) is 91.6 cm³/mol. The van der Waals surface area contributed by atoms with Crippen LogP contribution in [0.1, 0.15) is 25.3 Å². The van der Waals surface area contributed by atoms with Gasteiger partial charge in [-0.15, -0.1) is 0 Å². The molecule has 0 atom stereocenters. The molecule has 0 heterocycles. The number of hydrogen-bond acceptors (Lipinski definition) is 3. The van der Waals surface area contributed by atoms with Crippen LogP contribution < -0.4 is 10.6 Å². The molecule has 0 unspecified atom stereocenters. The monoisotopic (exact) mass is 314 g/mol. The lowest BCUT2D eigenvalue weighted by molar-refractivity contribution is -0.139. The van der Waals surface area contributed by atoms with Gasteiger partial charge in [0.15, 0.2) is 0 Å². The van der Waals surface area contributed by atoms with Gasteiger partial charge in [-0.25, -0.2) is 4.79 Å². The van der Waals surface area contributed by atoms with E-state index in [-0.39, 0.29) is 18.4 Å². The van der Waals surface area contributed by atoms with Crippen molar-refractivity contribution in [1.29, 1.82) is 0 Å². The predicted octanol–water partition coefficient (Wildman–Crippen LogP) is 3.48. The molecule has 0 fully saturated rings. The summed E-state index contributed by atoms with van der Waals surface area (Å²) >= 11 is 0. The molecule has 2 aromatic carbocycles. The largest absolute Gasteiger partial charge is 0.469 e. The second kappa shape index (κ2) is 8.17. The average molecular weight is 314 g/mol. The zero-order valence-corrected chi connectivity index (χ0v) is 13.5. The van der Waals surface area contributed by atoms with Crippen LogP contribution in [0.4, 0.5) is 10.5 Å². The SMILES string of the molecule is CCCCNC(=O)Nc1ccc2ccc(CC(=O)OC)cc2c1. The first-order valence-electron chi connectivity index (χ1n) is 7.76. The standard InChI is InChI=1S/C18H22N2O3/c1-3-4-9-19-18(22)20-16-8-7-14-6-5-13(10-15(14)12-16)11-17(21)23-2/h5-8,10,12H,3-4,9,11H2,1-2H3,(H2,19,20,22). The van der Waals surface area contributed by atoms with E-state index in [2.05, 4.69) is 22.3 Å². The molecular weight excluding hydrogens is 292 g/mol. The molecule has 5 nitrogen and oxygen atoms in total. The molecule has 0 aliphatic heterocycles. The Labute approximate surface area is 136 Å². The number of esters is 1. The van der Waals surface area contributed by atoms with Crippen LogP contribution in [0.15, 0.2) is 36.4 Å². The summed E-state index contributed by atoms with van der Waals surface area (Å²) < 4.78 is 4.69. The van der Waals surface area contributed by atoms with Crippen LogP contribution in [0.25, 0.3) is 10.8 Å². The normalized spacial score (nSPS) is 10.3. The van der Waals surface area contributed by atoms with Gasteiger partial charge in [0, 0.05) is 12.2 Å². The molecule has 23 heavy (non-hydrogen) atoms. The van der Waals surface area contributed by atoms with Gasteiger partial charge in [0.1, 0.15) is 0 Å². The van der Waals surface area contributed by atoms with Crippen molar-refractivity contribution in [1.82, 2.24) is 5.32 Å². The Kier molecular flexibility index (Phi) is 5.97. The first kappa shape index (κ1) is 16.8. The summed E-state index contributed by atoms with van der Waals surface area (Å²) in [4.78, 5) is 23.2. The van der Waals surface area contributed by atoms with Gasteiger partial charge in [-0.05, 0) is 34.9 Å². The lowest BCUT2D eigenvalue weighted by Crippen LogP contribution is -2.29. The van der Waals surface area contributed by atoms with Gasteiger partial charge in [0.2, 0.25) is 0 Å². The fraction of sp³-hybridized carbons (Fsp3) is 0.333. The molecule has 2 rings (SSSR count). The number of ether oxygens (including phenoxy) is 1. The highest BCUT2D eigenvalue weighted by Gasteiger charge is 2.05. The van der Waals surface area contributed by atoms with Crippen LogP contribution in [-0.2, 0) is 16.0 Å². The van der Waals surface area contributed by atoms with Crippen LogP contribution in [0.2, 0.25) is 0 Å². The fourth-order valence-corrected chi connectivity index (χ4v) is 2.28. The number of anilines is 1. The Bertz CT molecular complexity index is 698. The maximum absolute atomic E-state index is 11.8. The molecule has 5 heteroatoms. The molecule has 2 aromatic rings. The van der Waals surface area contributed by atoms with Crippen LogP contribution >= 0.6 is 0 Å². The summed E-state index contributed by atoms with van der Waals surface area (Å²) in [6.07, 6.45) is 2.24. The highest BCUT2D eigenvalue weighted by molar-refractivity contribution is 5.93. The number of urea groups is 1. The van der Waals surface area contributed by atoms with Gasteiger partial charge in [-0.1, -0.05) is 37.6 Å². The van der Waals surface area contributed by atoms with E-state index in [1.807, 2.05) is 36.4 Å². The number of amides is 2. The highest BCUT2D eigenvalue weighted by Crippen LogP contribution is 2.21. The van der Waals surface area contributed by atoms with Gasteiger partial charge in [0.25, 0.3) is 0 Å². The molecule has 2 amide bonds. The van der Waals surface area contributed by atoms with Gasteiger partial charge in [-0.3, -0.25) is 4.79 Å². The number of unbranched alkanes of at least 4 members (excludes halogenated alkanes) is 1. The number of benzene rings is 2. The van der Waals surface area contributed by atoms with Crippen molar-refractivity contribution < 1.29 is 14.3 Å². The second-order valence-electron chi connectivity index (χ2n) is 5.38. The van der Waals surface area contributed by atoms with E-state index >= 15 is 0 Å². The summed E-state index contributed by atoms with van der Waals surface area (Å²) in [6, 6.07) is 11.3. The van der Waals surface area contributed by atoms with Gasteiger partial charge < -0.3 is 15.4 Å². The van der Waals surface area contributed by atoms with Gasteiger partial charge in [0.05, 0.1) is 13.5 Å². The lowest BCUT2D eigenvalue weighted by atomic mass is 10.0. The maximum atomic E-state index is 11.8. The molecule has 0 bridgehead atoms. The minimum absolute atomic E-state index is 0.205. The minimum atomic E-state index is -0.270. The number of carbonyl (C=O) groups excluding carboxylic acids is 2. The number of methoxy groups -OCH3 is 1. The molecule has 122 valence electrons. The Hall–Kier alpha value is -2.56. The van der Waals surface area contributed by atoms with Crippen LogP contribution in [-0.4, -0.2) is 25.7 Å². The Morgan fingerprint density at radius 2 is 1.87 bits per heavy atom. The number of fused-ring (bicyclic) bond motifs is 1. The maximum Gasteiger partial charge on any atom is 0.319 e. The van der Waals surface area contributed by atoms with E-state index in [1.54, 1.807) is 0 Å². The minimum Gasteiger partial charge on any atom is -0.469 e. The van der Waals surface area contributed by atoms with E-state index < -0.39 is 0 Å². The van der Waals surface area contributed by atoms with Crippen molar-refractivity contribution in [3.63, 3.8) is 0 Å². The fourth-order valence-electron chi connectivity index (χ4n) is 2.28. The molecule has 0 saturated carbocycles. The number of nitrogens with one attached hydrogen (secondary N) is 2. The Morgan fingerprint density at radius 1 is 1.09 bits per heavy atom. The van der Waals surface area contributed by atoms with Crippen LogP contribution in [0, 0.1) is 0 Å². The molecule has 0 aliphatic rings. The average Bonchev–Trinajstić information content (AvgIpc) is 2.54. The molecule has 0 spiro atoms. The van der Waals surface area contributed by atoms with Crippen molar-refractivity contribution in [2.75, 3.05) is 19.0 Å². The number of rotatable bonds is 6. The highest BCUT2D eigenvalue weighted by atomic mass is 16.5. The summed E-state index contributed by atoms with van der Waals surface area (Å²) in [5.74, 6) is -0.270. The van der Waals surface area contributed by atoms with Gasteiger partial charge >= 0.3 is 12.0 Å². The van der Waals surface area contributed by atoms with E-state index in [9.17, 15) is 9.59 Å². The Morgan fingerprint density at radius 3 is 2.61 bits per heavy atom. The third-order valence-electron chi connectivity index (χ3n) is 3.55. The zero-order chi connectivity index (χ0) is 16.7. The Balaban J connectivity index is 2.10. The quantitative estimate of drug-likeness (QED) is 0.633. The molecular formula is C18H22N2O3. The molecule has 0 aromatic heterocycles. The van der Waals surface area contributed by atoms with Crippen molar-refractivity contribution in [2.24, 2.45) is 0 Å². The van der Waals surface area contributed by atoms with E-state index in [4.69, 9.17) is 0 Å². The summed E-state index contributed by atoms with van der Waals surface area (Å²) in [6.45, 7) is 2.74. The summed E-state index contributed by atoms with van der Waals surface area (Å²) in [5, 5.41) is 7.66. The van der Waals surface area contributed by atoms with Crippen LogP contribution in [0.5, 0.6) is 0 Å². The summed E-state index contributed by atoms with van der Waals surface area (Å²) in [5.41, 5.74) is 1.61. The van der Waals surface area contributed by atoms with E-state index in [1.165, 1.54) is 7.11 Å². The second-order valence-corrected chi connectivity index (χ2v) is 5.38. The zero-order valence-electron chi connectivity index (χ0n) is 13.5. The van der Waals surface area contributed by atoms with E-state index in [0.717, 1.165) is 34.9 Å². The third kappa shape index (κ3) is 4.98. The third-order valence-corrected chi connectivity index (χ3v) is 3.55. The van der Waals surface area contributed by atoms with Crippen LogP contribution in [0.3, 0.4) is 0 Å². The van der Waals surface area contributed by atoms with Crippen molar-refractivity contribution in [3.05, 3.63) is 42.0 Å². The van der Waals surface area contributed by atoms with E-state index in [0.29, 0.717) is 6.54 Å². The first-order chi connectivity index (χ1) is 11.1. The summed E-state index contributed by atoms with van der Waals surface area (Å²) in [7, 11) is 1.38. The van der Waals surface area contributed by atoms with Crippen molar-refractivity contribution >= 4 is 28.5 Å². The lowest BCUT2D eigenvalue weighted by Gasteiger charge is -2.09. The first-order valence-corrected chi connectivity index (χ1v) is 7.76. The van der Waals surface area contributed by atoms with Crippen molar-refractivity contribution in [2.45, 2.75) is 26.2 Å². The van der Waals surface area contributed by atoms with Gasteiger partial charge in [-0.2, -0.15) is 0 Å². The smallest absolute Gasteiger partial charge is 0.319 e.